The van der Waals surface area contributed by atoms with Gasteiger partial charge in [0.25, 0.3) is 11.8 Å². The van der Waals surface area contributed by atoms with Crippen molar-refractivity contribution >= 4 is 23.4 Å². The Labute approximate surface area is 374 Å². The quantitative estimate of drug-likeness (QED) is 0.132. The molecule has 0 radical (unpaired) electrons. The fraction of sp³-hybridized carbons (Fsp3) is 0.321. The van der Waals surface area contributed by atoms with Gasteiger partial charge in [0.15, 0.2) is 0 Å². The van der Waals surface area contributed by atoms with Crippen LogP contribution in [0, 0.1) is 0 Å². The van der Waals surface area contributed by atoms with E-state index in [-0.39, 0.29) is 30.2 Å². The highest BCUT2D eigenvalue weighted by Gasteiger charge is 2.36. The first kappa shape index (κ1) is 41.5. The van der Waals surface area contributed by atoms with Crippen LogP contribution in [0.1, 0.15) is 72.6 Å². The van der Waals surface area contributed by atoms with Gasteiger partial charge in [-0.25, -0.2) is 0 Å². The van der Waals surface area contributed by atoms with Crippen LogP contribution < -0.4 is 9.64 Å². The highest BCUT2D eigenvalue weighted by Crippen LogP contribution is 2.39. The number of nitrogens with zero attached hydrogens (tertiary/aromatic N) is 6. The predicted octanol–water partition coefficient (Wildman–Crippen LogP) is 7.73. The summed E-state index contributed by atoms with van der Waals surface area (Å²) in [6.07, 6.45) is 7.18. The van der Waals surface area contributed by atoms with Crippen molar-refractivity contribution in [1.29, 1.82) is 0 Å². The Hall–Kier alpha value is -6.56. The molecular weight excluding hydrogens is 801 g/mol. The zero-order valence-electron chi connectivity index (χ0n) is 36.5. The lowest BCUT2D eigenvalue weighted by Crippen LogP contribution is -2.52. The van der Waals surface area contributed by atoms with Crippen LogP contribution in [0.5, 0.6) is 5.75 Å². The number of hydrogen-bond acceptors (Lipinski definition) is 7. The van der Waals surface area contributed by atoms with Crippen molar-refractivity contribution in [3.63, 3.8) is 0 Å². The van der Waals surface area contributed by atoms with E-state index in [1.165, 1.54) is 5.56 Å². The summed E-state index contributed by atoms with van der Waals surface area (Å²) in [4.78, 5) is 56.3. The Morgan fingerprint density at radius 3 is 2.30 bits per heavy atom. The molecule has 0 unspecified atom stereocenters. The van der Waals surface area contributed by atoms with Crippen molar-refractivity contribution in [2.45, 2.75) is 70.9 Å². The summed E-state index contributed by atoms with van der Waals surface area (Å²) in [6, 6.07) is 36.1. The molecular formula is C53H54N6O5. The third-order valence-corrected chi connectivity index (χ3v) is 13.4. The summed E-state index contributed by atoms with van der Waals surface area (Å²) < 4.78 is 14.0. The Balaban J connectivity index is 1.00. The van der Waals surface area contributed by atoms with Crippen LogP contribution in [0.4, 0.5) is 5.69 Å². The molecule has 11 heteroatoms. The molecule has 2 aromatic heterocycles. The molecule has 0 spiro atoms. The van der Waals surface area contributed by atoms with E-state index in [1.54, 1.807) is 17.3 Å². The molecule has 4 aromatic carbocycles. The lowest BCUT2D eigenvalue weighted by Gasteiger charge is -2.40. The normalized spacial score (nSPS) is 17.0. The minimum Gasteiger partial charge on any atom is -0.489 e. The van der Waals surface area contributed by atoms with E-state index >= 15 is 4.79 Å². The SMILES string of the molecule is CN(C(=O)c1cc(-c2cc3c(cc2C(=O)N2Cc4ccccc4C[C@H]2CN2CCOCC2)CN(C(=O)Cc2cccnc2)C3)n2c1CCCC2)c1ccc(OCc2ccccc2)cc1. The van der Waals surface area contributed by atoms with Gasteiger partial charge in [-0.1, -0.05) is 60.7 Å². The van der Waals surface area contributed by atoms with Crippen molar-refractivity contribution in [3.05, 3.63) is 172 Å². The van der Waals surface area contributed by atoms with Crippen LogP contribution in [-0.2, 0) is 61.6 Å². The Morgan fingerprint density at radius 1 is 0.766 bits per heavy atom. The third kappa shape index (κ3) is 8.57. The van der Waals surface area contributed by atoms with Crippen LogP contribution in [0.15, 0.2) is 122 Å². The number of pyridine rings is 1. The third-order valence-electron chi connectivity index (χ3n) is 13.4. The average molecular weight is 855 g/mol. The zero-order valence-corrected chi connectivity index (χ0v) is 36.5. The van der Waals surface area contributed by atoms with Gasteiger partial charge in [-0.3, -0.25) is 24.3 Å². The summed E-state index contributed by atoms with van der Waals surface area (Å²) >= 11 is 0. The van der Waals surface area contributed by atoms with Gasteiger partial charge in [0, 0.05) is 99.5 Å². The summed E-state index contributed by atoms with van der Waals surface area (Å²) in [6.45, 7) is 6.37. The maximum atomic E-state index is 15.6. The fourth-order valence-corrected chi connectivity index (χ4v) is 9.92. The second kappa shape index (κ2) is 18.3. The fourth-order valence-electron chi connectivity index (χ4n) is 9.92. The van der Waals surface area contributed by atoms with E-state index in [0.717, 1.165) is 108 Å². The number of aromatic nitrogens is 2. The van der Waals surface area contributed by atoms with Crippen LogP contribution in [0.2, 0.25) is 0 Å². The highest BCUT2D eigenvalue weighted by molar-refractivity contribution is 6.08. The number of fused-ring (bicyclic) bond motifs is 3. The Bertz CT molecular complexity index is 2660. The summed E-state index contributed by atoms with van der Waals surface area (Å²) in [7, 11) is 1.82. The van der Waals surface area contributed by atoms with Gasteiger partial charge in [0.05, 0.1) is 25.2 Å². The van der Waals surface area contributed by atoms with E-state index in [0.29, 0.717) is 50.6 Å². The Kier molecular flexibility index (Phi) is 11.8. The minimum absolute atomic E-state index is 0.0172. The van der Waals surface area contributed by atoms with Gasteiger partial charge < -0.3 is 28.7 Å². The van der Waals surface area contributed by atoms with Gasteiger partial charge in [0.2, 0.25) is 5.91 Å². The van der Waals surface area contributed by atoms with Gasteiger partial charge in [-0.2, -0.15) is 0 Å². The first-order valence-corrected chi connectivity index (χ1v) is 22.6. The zero-order chi connectivity index (χ0) is 43.6. The van der Waals surface area contributed by atoms with E-state index in [1.807, 2.05) is 84.7 Å². The monoisotopic (exact) mass is 854 g/mol. The molecule has 10 rings (SSSR count). The number of carbonyl (C=O) groups is 3. The van der Waals surface area contributed by atoms with Crippen molar-refractivity contribution in [2.24, 2.45) is 0 Å². The maximum absolute atomic E-state index is 15.6. The van der Waals surface area contributed by atoms with Crippen molar-refractivity contribution in [2.75, 3.05) is 44.8 Å². The molecule has 3 amide bonds. The summed E-state index contributed by atoms with van der Waals surface area (Å²) in [5, 5.41) is 0. The van der Waals surface area contributed by atoms with E-state index < -0.39 is 0 Å². The number of rotatable bonds is 11. The number of hydrogen-bond donors (Lipinski definition) is 0. The molecule has 0 aliphatic carbocycles. The first-order valence-electron chi connectivity index (χ1n) is 22.6. The molecule has 0 saturated carbocycles. The number of morpholine rings is 1. The van der Waals surface area contributed by atoms with Crippen molar-refractivity contribution in [1.82, 2.24) is 24.3 Å². The summed E-state index contributed by atoms with van der Waals surface area (Å²) in [5.74, 6) is 0.613. The van der Waals surface area contributed by atoms with E-state index in [4.69, 9.17) is 9.47 Å². The van der Waals surface area contributed by atoms with Crippen LogP contribution in [-0.4, -0.2) is 87.9 Å². The van der Waals surface area contributed by atoms with Gasteiger partial charge >= 0.3 is 0 Å². The van der Waals surface area contributed by atoms with Crippen molar-refractivity contribution in [3.8, 4) is 17.0 Å². The molecule has 0 bridgehead atoms. The molecule has 1 saturated heterocycles. The van der Waals surface area contributed by atoms with Crippen molar-refractivity contribution < 1.29 is 23.9 Å². The molecule has 6 heterocycles. The minimum atomic E-state index is -0.103. The van der Waals surface area contributed by atoms with Crippen LogP contribution in [0.3, 0.4) is 0 Å². The first-order chi connectivity index (χ1) is 31.4. The number of carbonyl (C=O) groups excluding carboxylic acids is 3. The predicted molar refractivity (Wildman–Crippen MR) is 246 cm³/mol. The highest BCUT2D eigenvalue weighted by atomic mass is 16.5. The number of benzene rings is 4. The number of ether oxygens (including phenoxy) is 2. The molecule has 6 aromatic rings. The van der Waals surface area contributed by atoms with E-state index in [2.05, 4.69) is 55.7 Å². The molecule has 1 atom stereocenters. The molecule has 0 N–H and O–H groups in total. The lowest BCUT2D eigenvalue weighted by molar-refractivity contribution is -0.131. The van der Waals surface area contributed by atoms with Crippen LogP contribution in [0.25, 0.3) is 11.3 Å². The smallest absolute Gasteiger partial charge is 0.259 e. The number of anilines is 1. The van der Waals surface area contributed by atoms with Crippen LogP contribution >= 0.6 is 0 Å². The van der Waals surface area contributed by atoms with Gasteiger partial charge in [0.1, 0.15) is 12.4 Å². The largest absolute Gasteiger partial charge is 0.489 e. The standard InChI is InChI=1S/C53H54N6O5/c1-55(43-16-18-45(19-17-43)64-36-37-10-3-2-4-11-37)52(61)48-30-50(58-21-8-7-15-49(48)58)46-28-41-32-57(51(60)26-38-12-9-20-54-31-38)33-42(41)29-47(46)53(62)59-34-40-14-6-5-13-39(40)27-44(59)35-56-22-24-63-25-23-56/h2-6,9-14,16-20,28-31,44H,7-8,15,21-27,32-36H2,1H3/t44-/m0/s1. The molecule has 64 heavy (non-hydrogen) atoms. The molecule has 4 aliphatic rings. The molecule has 4 aliphatic heterocycles. The Morgan fingerprint density at radius 2 is 1.52 bits per heavy atom. The molecule has 11 nitrogen and oxygen atoms in total. The van der Waals surface area contributed by atoms with Gasteiger partial charge in [-0.05, 0) is 108 Å². The maximum Gasteiger partial charge on any atom is 0.259 e. The summed E-state index contributed by atoms with van der Waals surface area (Å²) in [5.41, 5.74) is 11.1. The lowest BCUT2D eigenvalue weighted by atomic mass is 9.91. The average Bonchev–Trinajstić information content (AvgIpc) is 3.95. The topological polar surface area (TPSA) is 100 Å². The van der Waals surface area contributed by atoms with E-state index in [9.17, 15) is 9.59 Å². The van der Waals surface area contributed by atoms with Gasteiger partial charge in [-0.15, -0.1) is 0 Å². The second-order valence-electron chi connectivity index (χ2n) is 17.6. The molecule has 1 fully saturated rings. The second-order valence-corrected chi connectivity index (χ2v) is 17.6. The number of amides is 3. The molecule has 326 valence electrons.